The van der Waals surface area contributed by atoms with Gasteiger partial charge in [-0.2, -0.15) is 0 Å². The Kier molecular flexibility index (Phi) is 6.52. The molecule has 1 aliphatic heterocycles. The molecule has 2 rings (SSSR count). The van der Waals surface area contributed by atoms with Gasteiger partial charge in [0.15, 0.2) is 0 Å². The van der Waals surface area contributed by atoms with Gasteiger partial charge in [-0.25, -0.2) is 0 Å². The zero-order valence-electron chi connectivity index (χ0n) is 13.9. The lowest BCUT2D eigenvalue weighted by atomic mass is 10.1. The Hall–Kier alpha value is -2.18. The van der Waals surface area contributed by atoms with Gasteiger partial charge in [-0.05, 0) is 17.9 Å². The molecule has 1 saturated heterocycles. The van der Waals surface area contributed by atoms with Gasteiger partial charge in [0, 0.05) is 26.6 Å². The van der Waals surface area contributed by atoms with E-state index in [4.69, 9.17) is 0 Å². The van der Waals surface area contributed by atoms with Crippen LogP contribution in [0.2, 0.25) is 0 Å². The number of likely N-dealkylation sites (tertiary alicyclic amines) is 1. The lowest BCUT2D eigenvalue weighted by Gasteiger charge is -2.24. The molecule has 24 heavy (non-hydrogen) atoms. The number of nitrogens with zero attached hydrogens (tertiary/aromatic N) is 1. The Morgan fingerprint density at radius 3 is 2.71 bits per heavy atom. The fourth-order valence-electron chi connectivity index (χ4n) is 3.07. The second-order valence-electron chi connectivity index (χ2n) is 6.08. The van der Waals surface area contributed by atoms with E-state index >= 15 is 0 Å². The van der Waals surface area contributed by atoms with Crippen LogP contribution in [0.1, 0.15) is 25.1 Å². The zero-order valence-corrected chi connectivity index (χ0v) is 13.9. The van der Waals surface area contributed by atoms with E-state index in [1.807, 2.05) is 41.3 Å². The summed E-state index contributed by atoms with van der Waals surface area (Å²) in [6.07, 6.45) is 2.14. The standard InChI is InChI=1S/C18H25N3O3/c1-3-14-11-16(18(23)24)21(12-14)10-9-19-17(20-13(2)22)15-7-5-4-6-8-15/h3-8,14,16-17,19H,1,9-12H2,2H3,(H,20,22)(H,23,24)/t14-,16-,17?/m1/s1. The van der Waals surface area contributed by atoms with Crippen LogP contribution in [0.3, 0.4) is 0 Å². The van der Waals surface area contributed by atoms with E-state index in [0.717, 1.165) is 5.56 Å². The number of carboxylic acids is 1. The second kappa shape index (κ2) is 8.61. The summed E-state index contributed by atoms with van der Waals surface area (Å²) in [6.45, 7) is 7.13. The number of aliphatic carboxylic acids is 1. The maximum atomic E-state index is 11.4. The van der Waals surface area contributed by atoms with Crippen LogP contribution in [0.25, 0.3) is 0 Å². The summed E-state index contributed by atoms with van der Waals surface area (Å²) < 4.78 is 0. The highest BCUT2D eigenvalue weighted by atomic mass is 16.4. The number of amides is 1. The molecular weight excluding hydrogens is 306 g/mol. The Bertz CT molecular complexity index is 576. The molecule has 1 fully saturated rings. The van der Waals surface area contributed by atoms with Gasteiger partial charge in [0.2, 0.25) is 5.91 Å². The quantitative estimate of drug-likeness (QED) is 0.495. The normalized spacial score (nSPS) is 22.0. The van der Waals surface area contributed by atoms with Crippen LogP contribution in [0.15, 0.2) is 43.0 Å². The van der Waals surface area contributed by atoms with E-state index in [0.29, 0.717) is 26.1 Å². The average molecular weight is 331 g/mol. The van der Waals surface area contributed by atoms with Crippen molar-refractivity contribution in [3.8, 4) is 0 Å². The molecule has 1 unspecified atom stereocenters. The van der Waals surface area contributed by atoms with Gasteiger partial charge < -0.3 is 10.4 Å². The van der Waals surface area contributed by atoms with Crippen molar-refractivity contribution in [2.24, 2.45) is 5.92 Å². The van der Waals surface area contributed by atoms with Crippen molar-refractivity contribution in [3.63, 3.8) is 0 Å². The van der Waals surface area contributed by atoms with Gasteiger partial charge in [-0.15, -0.1) is 6.58 Å². The number of hydrogen-bond donors (Lipinski definition) is 3. The van der Waals surface area contributed by atoms with Crippen molar-refractivity contribution < 1.29 is 14.7 Å². The topological polar surface area (TPSA) is 81.7 Å². The van der Waals surface area contributed by atoms with E-state index in [9.17, 15) is 14.7 Å². The summed E-state index contributed by atoms with van der Waals surface area (Å²) in [7, 11) is 0. The highest BCUT2D eigenvalue weighted by molar-refractivity contribution is 5.74. The number of nitrogens with one attached hydrogen (secondary N) is 2. The molecule has 1 aromatic rings. The molecule has 6 heteroatoms. The molecule has 1 aliphatic rings. The number of carbonyl (C=O) groups is 2. The molecule has 130 valence electrons. The van der Waals surface area contributed by atoms with Crippen LogP contribution in [-0.2, 0) is 9.59 Å². The highest BCUT2D eigenvalue weighted by Crippen LogP contribution is 2.23. The van der Waals surface area contributed by atoms with Crippen LogP contribution < -0.4 is 10.6 Å². The number of carboxylic acid groups (broad SMARTS) is 1. The molecule has 1 amide bonds. The van der Waals surface area contributed by atoms with Gasteiger partial charge >= 0.3 is 5.97 Å². The Labute approximate surface area is 142 Å². The number of carbonyl (C=O) groups excluding carboxylic acids is 1. The molecule has 0 aliphatic carbocycles. The highest BCUT2D eigenvalue weighted by Gasteiger charge is 2.35. The smallest absolute Gasteiger partial charge is 0.320 e. The Morgan fingerprint density at radius 1 is 1.42 bits per heavy atom. The molecule has 6 nitrogen and oxygen atoms in total. The van der Waals surface area contributed by atoms with Crippen molar-refractivity contribution >= 4 is 11.9 Å². The average Bonchev–Trinajstić information content (AvgIpc) is 2.98. The van der Waals surface area contributed by atoms with Gasteiger partial charge in [-0.3, -0.25) is 19.8 Å². The summed E-state index contributed by atoms with van der Waals surface area (Å²) in [5.41, 5.74) is 0.966. The molecule has 0 radical (unpaired) electrons. The van der Waals surface area contributed by atoms with Gasteiger partial charge in [0.1, 0.15) is 12.2 Å². The van der Waals surface area contributed by atoms with Crippen molar-refractivity contribution in [1.29, 1.82) is 0 Å². The van der Waals surface area contributed by atoms with E-state index in [1.54, 1.807) is 0 Å². The molecule has 0 spiro atoms. The van der Waals surface area contributed by atoms with E-state index < -0.39 is 12.0 Å². The minimum absolute atomic E-state index is 0.118. The van der Waals surface area contributed by atoms with Crippen molar-refractivity contribution in [2.45, 2.75) is 25.6 Å². The maximum absolute atomic E-state index is 11.4. The summed E-state index contributed by atoms with van der Waals surface area (Å²) in [5, 5.41) is 15.5. The fourth-order valence-corrected chi connectivity index (χ4v) is 3.07. The van der Waals surface area contributed by atoms with E-state index in [2.05, 4.69) is 17.2 Å². The summed E-state index contributed by atoms with van der Waals surface area (Å²) >= 11 is 0. The van der Waals surface area contributed by atoms with Crippen LogP contribution in [0, 0.1) is 5.92 Å². The summed E-state index contributed by atoms with van der Waals surface area (Å²) in [5.74, 6) is -0.695. The lowest BCUT2D eigenvalue weighted by molar-refractivity contribution is -0.142. The number of rotatable bonds is 8. The summed E-state index contributed by atoms with van der Waals surface area (Å²) in [6, 6.07) is 9.17. The van der Waals surface area contributed by atoms with Gasteiger partial charge in [0.25, 0.3) is 0 Å². The third kappa shape index (κ3) is 4.91. The third-order valence-electron chi connectivity index (χ3n) is 4.28. The fraction of sp³-hybridized carbons (Fsp3) is 0.444. The molecular formula is C18H25N3O3. The Morgan fingerprint density at radius 2 is 2.12 bits per heavy atom. The summed E-state index contributed by atoms with van der Waals surface area (Å²) in [4.78, 5) is 24.8. The first kappa shape index (κ1) is 18.2. The first-order valence-electron chi connectivity index (χ1n) is 8.16. The van der Waals surface area contributed by atoms with Crippen LogP contribution in [0.4, 0.5) is 0 Å². The van der Waals surface area contributed by atoms with Crippen LogP contribution in [-0.4, -0.2) is 47.6 Å². The molecule has 0 bridgehead atoms. The second-order valence-corrected chi connectivity index (χ2v) is 6.08. The van der Waals surface area contributed by atoms with Crippen LogP contribution >= 0.6 is 0 Å². The third-order valence-corrected chi connectivity index (χ3v) is 4.28. The van der Waals surface area contributed by atoms with Gasteiger partial charge in [-0.1, -0.05) is 36.4 Å². The molecule has 3 atom stereocenters. The predicted octanol–water partition coefficient (Wildman–Crippen LogP) is 1.37. The van der Waals surface area contributed by atoms with E-state index in [-0.39, 0.29) is 18.0 Å². The Balaban J connectivity index is 1.93. The van der Waals surface area contributed by atoms with Crippen molar-refractivity contribution in [2.75, 3.05) is 19.6 Å². The largest absolute Gasteiger partial charge is 0.480 e. The maximum Gasteiger partial charge on any atom is 0.320 e. The first-order chi connectivity index (χ1) is 11.5. The molecule has 1 aromatic carbocycles. The molecule has 0 saturated carbocycles. The monoisotopic (exact) mass is 331 g/mol. The minimum atomic E-state index is -0.791. The minimum Gasteiger partial charge on any atom is -0.480 e. The van der Waals surface area contributed by atoms with Crippen LogP contribution in [0.5, 0.6) is 0 Å². The van der Waals surface area contributed by atoms with E-state index in [1.165, 1.54) is 6.92 Å². The first-order valence-corrected chi connectivity index (χ1v) is 8.16. The zero-order chi connectivity index (χ0) is 17.5. The lowest BCUT2D eigenvalue weighted by Crippen LogP contribution is -2.43. The molecule has 1 heterocycles. The van der Waals surface area contributed by atoms with Crippen molar-refractivity contribution in [3.05, 3.63) is 48.6 Å². The molecule has 0 aromatic heterocycles. The van der Waals surface area contributed by atoms with Gasteiger partial charge in [0.05, 0.1) is 0 Å². The SMILES string of the molecule is C=C[C@@H]1C[C@H](C(=O)O)N(CCNC(NC(C)=O)c2ccccc2)C1. The molecule has 3 N–H and O–H groups in total. The predicted molar refractivity (Wildman–Crippen MR) is 92.3 cm³/mol. The number of hydrogen-bond acceptors (Lipinski definition) is 4. The number of benzene rings is 1. The van der Waals surface area contributed by atoms with Crippen molar-refractivity contribution in [1.82, 2.24) is 15.5 Å².